The summed E-state index contributed by atoms with van der Waals surface area (Å²) in [5, 5.41) is 2.86. The zero-order chi connectivity index (χ0) is 11.6. The van der Waals surface area contributed by atoms with Crippen LogP contribution in [-0.2, 0) is 0 Å². The van der Waals surface area contributed by atoms with Gasteiger partial charge in [-0.1, -0.05) is 6.07 Å². The van der Waals surface area contributed by atoms with Gasteiger partial charge in [0.25, 0.3) is 5.91 Å². The van der Waals surface area contributed by atoms with Crippen LogP contribution in [0.4, 0.5) is 0 Å². The Hall–Kier alpha value is -1.42. The molecule has 0 spiro atoms. The average Bonchev–Trinajstić information content (AvgIpc) is 2.24. The molecule has 2 rings (SSSR count). The second-order valence-electron chi connectivity index (χ2n) is 4.57. The number of amides is 1. The van der Waals surface area contributed by atoms with E-state index in [4.69, 9.17) is 5.73 Å². The van der Waals surface area contributed by atoms with E-state index in [1.54, 1.807) is 6.20 Å². The van der Waals surface area contributed by atoms with Crippen molar-refractivity contribution in [2.45, 2.75) is 31.7 Å². The highest BCUT2D eigenvalue weighted by Gasteiger charge is 2.32. The third kappa shape index (κ3) is 2.22. The molecule has 16 heavy (non-hydrogen) atoms. The molecule has 0 unspecified atom stereocenters. The van der Waals surface area contributed by atoms with Crippen LogP contribution in [0.1, 0.15) is 35.3 Å². The van der Waals surface area contributed by atoms with Gasteiger partial charge in [0.2, 0.25) is 0 Å². The van der Waals surface area contributed by atoms with Crippen molar-refractivity contribution in [3.63, 3.8) is 0 Å². The van der Waals surface area contributed by atoms with Crippen LogP contribution in [0.15, 0.2) is 18.3 Å². The molecule has 1 aromatic heterocycles. The lowest BCUT2D eigenvalue weighted by molar-refractivity contribution is 0.0924. The molecule has 1 heterocycles. The molecule has 1 amide bonds. The van der Waals surface area contributed by atoms with E-state index in [-0.39, 0.29) is 11.4 Å². The molecule has 4 nitrogen and oxygen atoms in total. The summed E-state index contributed by atoms with van der Waals surface area (Å²) in [5.74, 6) is -0.130. The van der Waals surface area contributed by atoms with Crippen LogP contribution in [0.5, 0.6) is 0 Å². The number of pyridine rings is 1. The molecule has 1 fully saturated rings. The molecule has 3 N–H and O–H groups in total. The van der Waals surface area contributed by atoms with E-state index in [0.29, 0.717) is 12.2 Å². The fraction of sp³-hybridized carbons (Fsp3) is 0.500. The van der Waals surface area contributed by atoms with E-state index >= 15 is 0 Å². The highest BCUT2D eigenvalue weighted by Crippen LogP contribution is 2.28. The van der Waals surface area contributed by atoms with Crippen LogP contribution in [0.3, 0.4) is 0 Å². The number of carbonyl (C=O) groups is 1. The van der Waals surface area contributed by atoms with Gasteiger partial charge in [-0.05, 0) is 37.8 Å². The molecule has 0 saturated heterocycles. The number of nitrogens with two attached hydrogens (primary N) is 1. The van der Waals surface area contributed by atoms with Gasteiger partial charge in [-0.25, -0.2) is 0 Å². The van der Waals surface area contributed by atoms with E-state index in [2.05, 4.69) is 10.3 Å². The fourth-order valence-electron chi connectivity index (χ4n) is 1.87. The predicted octanol–water partition coefficient (Wildman–Crippen LogP) is 1.00. The lowest BCUT2D eigenvalue weighted by Gasteiger charge is -2.38. The summed E-state index contributed by atoms with van der Waals surface area (Å²) in [6.45, 7) is 2.42. The Balaban J connectivity index is 1.96. The van der Waals surface area contributed by atoms with Crippen molar-refractivity contribution >= 4 is 5.91 Å². The van der Waals surface area contributed by atoms with E-state index in [1.807, 2.05) is 19.1 Å². The van der Waals surface area contributed by atoms with Crippen LogP contribution in [0.25, 0.3) is 0 Å². The zero-order valence-electron chi connectivity index (χ0n) is 9.49. The van der Waals surface area contributed by atoms with Crippen molar-refractivity contribution in [1.82, 2.24) is 10.3 Å². The molecule has 0 radical (unpaired) electrons. The van der Waals surface area contributed by atoms with Crippen LogP contribution < -0.4 is 11.1 Å². The summed E-state index contributed by atoms with van der Waals surface area (Å²) in [5.41, 5.74) is 7.23. The number of hydrogen-bond acceptors (Lipinski definition) is 3. The van der Waals surface area contributed by atoms with Crippen molar-refractivity contribution < 1.29 is 4.79 Å². The second-order valence-corrected chi connectivity index (χ2v) is 4.57. The Kier molecular flexibility index (Phi) is 2.92. The van der Waals surface area contributed by atoms with Crippen molar-refractivity contribution in [2.75, 3.05) is 6.54 Å². The summed E-state index contributed by atoms with van der Waals surface area (Å²) in [7, 11) is 0. The van der Waals surface area contributed by atoms with Gasteiger partial charge in [0.1, 0.15) is 5.69 Å². The Morgan fingerprint density at radius 2 is 2.38 bits per heavy atom. The molecule has 1 saturated carbocycles. The Morgan fingerprint density at radius 3 is 2.94 bits per heavy atom. The van der Waals surface area contributed by atoms with Gasteiger partial charge in [0, 0.05) is 18.3 Å². The number of rotatable bonds is 3. The quantitative estimate of drug-likeness (QED) is 0.797. The first-order valence-electron chi connectivity index (χ1n) is 5.59. The van der Waals surface area contributed by atoms with Crippen molar-refractivity contribution in [2.24, 2.45) is 5.73 Å². The summed E-state index contributed by atoms with van der Waals surface area (Å²) in [4.78, 5) is 15.9. The third-order valence-corrected chi connectivity index (χ3v) is 3.17. The average molecular weight is 219 g/mol. The molecule has 86 valence electrons. The summed E-state index contributed by atoms with van der Waals surface area (Å²) < 4.78 is 0. The number of carbonyl (C=O) groups excluding carboxylic acids is 1. The topological polar surface area (TPSA) is 68.0 Å². The maximum Gasteiger partial charge on any atom is 0.270 e. The monoisotopic (exact) mass is 219 g/mol. The first-order chi connectivity index (χ1) is 7.61. The Labute approximate surface area is 95.3 Å². The van der Waals surface area contributed by atoms with Gasteiger partial charge in [-0.3, -0.25) is 9.78 Å². The highest BCUT2D eigenvalue weighted by atomic mass is 16.1. The van der Waals surface area contributed by atoms with E-state index in [9.17, 15) is 4.79 Å². The van der Waals surface area contributed by atoms with Crippen molar-refractivity contribution in [1.29, 1.82) is 0 Å². The normalized spacial score (nSPS) is 17.6. The molecule has 4 heteroatoms. The minimum absolute atomic E-state index is 0.130. The van der Waals surface area contributed by atoms with Crippen LogP contribution in [0, 0.1) is 6.92 Å². The first-order valence-corrected chi connectivity index (χ1v) is 5.59. The molecule has 0 aliphatic heterocycles. The smallest absolute Gasteiger partial charge is 0.270 e. The first kappa shape index (κ1) is 11.1. The fourth-order valence-corrected chi connectivity index (χ4v) is 1.87. The Morgan fingerprint density at radius 1 is 1.62 bits per heavy atom. The minimum Gasteiger partial charge on any atom is -0.349 e. The van der Waals surface area contributed by atoms with Gasteiger partial charge < -0.3 is 11.1 Å². The second kappa shape index (κ2) is 4.22. The van der Waals surface area contributed by atoms with Crippen molar-refractivity contribution in [3.8, 4) is 0 Å². The summed E-state index contributed by atoms with van der Waals surface area (Å²) in [6, 6.07) is 3.70. The van der Waals surface area contributed by atoms with Gasteiger partial charge in [0.05, 0.1) is 0 Å². The molecular formula is C12H17N3O. The maximum atomic E-state index is 11.8. The molecule has 0 aromatic carbocycles. The molecule has 1 aromatic rings. The lowest BCUT2D eigenvalue weighted by atomic mass is 9.78. The van der Waals surface area contributed by atoms with Crippen LogP contribution in [-0.4, -0.2) is 23.0 Å². The molecule has 1 aliphatic carbocycles. The Bertz CT molecular complexity index is 399. The minimum atomic E-state index is -0.182. The molecule has 0 atom stereocenters. The van der Waals surface area contributed by atoms with E-state index in [1.165, 1.54) is 0 Å². The predicted molar refractivity (Wildman–Crippen MR) is 62.1 cm³/mol. The van der Waals surface area contributed by atoms with E-state index in [0.717, 1.165) is 24.8 Å². The van der Waals surface area contributed by atoms with Gasteiger partial charge in [-0.15, -0.1) is 0 Å². The van der Waals surface area contributed by atoms with Gasteiger partial charge in [-0.2, -0.15) is 0 Å². The van der Waals surface area contributed by atoms with Crippen molar-refractivity contribution in [3.05, 3.63) is 29.6 Å². The van der Waals surface area contributed by atoms with Gasteiger partial charge >= 0.3 is 0 Å². The van der Waals surface area contributed by atoms with Gasteiger partial charge in [0.15, 0.2) is 0 Å². The maximum absolute atomic E-state index is 11.8. The largest absolute Gasteiger partial charge is 0.349 e. The summed E-state index contributed by atoms with van der Waals surface area (Å²) in [6.07, 6.45) is 4.78. The third-order valence-electron chi connectivity index (χ3n) is 3.17. The number of aromatic nitrogens is 1. The molecule has 1 aliphatic rings. The number of nitrogens with zero attached hydrogens (tertiary/aromatic N) is 1. The molecular weight excluding hydrogens is 202 g/mol. The van der Waals surface area contributed by atoms with Crippen LogP contribution >= 0.6 is 0 Å². The lowest BCUT2D eigenvalue weighted by Crippen LogP contribution is -2.55. The van der Waals surface area contributed by atoms with Crippen LogP contribution in [0.2, 0.25) is 0 Å². The zero-order valence-corrected chi connectivity index (χ0v) is 9.49. The van der Waals surface area contributed by atoms with E-state index < -0.39 is 0 Å². The standard InChI is InChI=1S/C12H17N3O/c1-9-4-2-7-14-10(9)11(16)15-8-12(13)5-3-6-12/h2,4,7H,3,5-6,8,13H2,1H3,(H,15,16). The SMILES string of the molecule is Cc1cccnc1C(=O)NCC1(N)CCC1. The number of hydrogen-bond donors (Lipinski definition) is 2. The molecule has 0 bridgehead atoms. The highest BCUT2D eigenvalue weighted by molar-refractivity contribution is 5.93. The number of aryl methyl sites for hydroxylation is 1. The number of nitrogens with one attached hydrogen (secondary N) is 1. The summed E-state index contributed by atoms with van der Waals surface area (Å²) >= 11 is 0.